The number of nitro groups is 1. The molecule has 2 rings (SSSR count). The zero-order chi connectivity index (χ0) is 16.5. The van der Waals surface area contributed by atoms with Gasteiger partial charge >= 0.3 is 5.69 Å². The van der Waals surface area contributed by atoms with E-state index in [1.54, 1.807) is 12.1 Å². The van der Waals surface area contributed by atoms with Gasteiger partial charge in [0.2, 0.25) is 0 Å². The van der Waals surface area contributed by atoms with Gasteiger partial charge in [-0.25, -0.2) is 8.42 Å². The summed E-state index contributed by atoms with van der Waals surface area (Å²) in [6.07, 6.45) is 1.68. The van der Waals surface area contributed by atoms with Crippen LogP contribution >= 0.6 is 0 Å². The predicted molar refractivity (Wildman–Crippen MR) is 83.0 cm³/mol. The van der Waals surface area contributed by atoms with E-state index in [9.17, 15) is 18.5 Å². The summed E-state index contributed by atoms with van der Waals surface area (Å²) in [6, 6.07) is 4.41. The average Bonchev–Trinajstić information content (AvgIpc) is 2.44. The molecule has 0 N–H and O–H groups in total. The molecular weight excluding hydrogens is 308 g/mol. The molecule has 0 spiro atoms. The number of hydrogen-bond acceptors (Lipinski definition) is 6. The first-order chi connectivity index (χ1) is 10.2. The van der Waals surface area contributed by atoms with E-state index in [1.165, 1.54) is 6.07 Å². The second-order valence-electron chi connectivity index (χ2n) is 5.54. The fourth-order valence-corrected chi connectivity index (χ4v) is 3.57. The zero-order valence-corrected chi connectivity index (χ0v) is 13.7. The lowest BCUT2D eigenvalue weighted by Crippen LogP contribution is -2.46. The second-order valence-corrected chi connectivity index (χ2v) is 7.52. The van der Waals surface area contributed by atoms with Crippen LogP contribution in [0.15, 0.2) is 23.1 Å². The van der Waals surface area contributed by atoms with Gasteiger partial charge in [0.15, 0.2) is 9.84 Å². The van der Waals surface area contributed by atoms with Gasteiger partial charge < -0.3 is 9.64 Å². The number of anilines is 1. The normalized spacial score (nSPS) is 22.6. The van der Waals surface area contributed by atoms with E-state index >= 15 is 0 Å². The van der Waals surface area contributed by atoms with Crippen molar-refractivity contribution in [2.24, 2.45) is 0 Å². The lowest BCUT2D eigenvalue weighted by atomic mass is 10.1. The van der Waals surface area contributed by atoms with Crippen LogP contribution in [-0.4, -0.2) is 44.9 Å². The Balaban J connectivity index is 2.53. The molecule has 1 heterocycles. The first-order valence-electron chi connectivity index (χ1n) is 7.12. The van der Waals surface area contributed by atoms with E-state index < -0.39 is 14.8 Å². The average molecular weight is 328 g/mol. The fourth-order valence-electron chi connectivity index (χ4n) is 2.72. The first-order valence-corrected chi connectivity index (χ1v) is 9.01. The quantitative estimate of drug-likeness (QED) is 0.620. The summed E-state index contributed by atoms with van der Waals surface area (Å²) in [5, 5.41) is 11.4. The molecule has 22 heavy (non-hydrogen) atoms. The van der Waals surface area contributed by atoms with E-state index in [4.69, 9.17) is 4.74 Å². The molecule has 7 nitrogen and oxygen atoms in total. The molecule has 1 aromatic rings. The summed E-state index contributed by atoms with van der Waals surface area (Å²) in [5.41, 5.74) is -0.0181. The highest BCUT2D eigenvalue weighted by molar-refractivity contribution is 7.90. The molecule has 0 radical (unpaired) electrons. The van der Waals surface area contributed by atoms with Crippen molar-refractivity contribution in [3.05, 3.63) is 28.3 Å². The van der Waals surface area contributed by atoms with Crippen molar-refractivity contribution in [3.63, 3.8) is 0 Å². The highest BCUT2D eigenvalue weighted by Crippen LogP contribution is 2.36. The van der Waals surface area contributed by atoms with E-state index in [0.29, 0.717) is 18.8 Å². The predicted octanol–water partition coefficient (Wildman–Crippen LogP) is 2.00. The minimum atomic E-state index is -3.67. The number of nitro benzene ring substituents is 1. The minimum absolute atomic E-state index is 0.0229. The van der Waals surface area contributed by atoms with Crippen molar-refractivity contribution in [2.45, 2.75) is 37.4 Å². The number of morpholine rings is 1. The smallest absolute Gasteiger partial charge is 0.311 e. The summed E-state index contributed by atoms with van der Waals surface area (Å²) >= 11 is 0. The van der Waals surface area contributed by atoms with Crippen molar-refractivity contribution in [3.8, 4) is 0 Å². The van der Waals surface area contributed by atoms with Crippen LogP contribution in [0.5, 0.6) is 0 Å². The zero-order valence-electron chi connectivity index (χ0n) is 12.9. The van der Waals surface area contributed by atoms with E-state index in [1.807, 2.05) is 18.7 Å². The number of hydrogen-bond donors (Lipinski definition) is 0. The Kier molecular flexibility index (Phi) is 4.72. The molecule has 0 amide bonds. The molecule has 0 bridgehead atoms. The number of rotatable bonds is 4. The van der Waals surface area contributed by atoms with E-state index in [0.717, 1.165) is 12.7 Å². The van der Waals surface area contributed by atoms with Gasteiger partial charge in [0, 0.05) is 19.3 Å². The molecule has 2 unspecified atom stereocenters. The van der Waals surface area contributed by atoms with E-state index in [-0.39, 0.29) is 22.8 Å². The molecular formula is C14H20N2O5S. The lowest BCUT2D eigenvalue weighted by Gasteiger charge is -2.37. The Morgan fingerprint density at radius 3 is 2.64 bits per heavy atom. The van der Waals surface area contributed by atoms with Crippen molar-refractivity contribution >= 4 is 21.2 Å². The molecule has 0 saturated carbocycles. The van der Waals surface area contributed by atoms with Crippen LogP contribution < -0.4 is 4.90 Å². The minimum Gasteiger partial charge on any atom is -0.372 e. The number of sulfone groups is 1. The van der Waals surface area contributed by atoms with Crippen LogP contribution in [-0.2, 0) is 14.6 Å². The van der Waals surface area contributed by atoms with Gasteiger partial charge in [0.05, 0.1) is 17.1 Å². The number of ether oxygens (including phenoxy) is 1. The molecule has 122 valence electrons. The third-order valence-electron chi connectivity index (χ3n) is 3.68. The Morgan fingerprint density at radius 2 is 2.09 bits per heavy atom. The SMILES string of the molecule is CCC1CN(c2cccc(S(C)(=O)=O)c2[N+](=O)[O-])CC(C)O1. The summed E-state index contributed by atoms with van der Waals surface area (Å²) in [5.74, 6) is 0. The first kappa shape index (κ1) is 16.7. The lowest BCUT2D eigenvalue weighted by molar-refractivity contribution is -0.387. The molecule has 1 aliphatic rings. The van der Waals surface area contributed by atoms with Crippen LogP contribution in [0.25, 0.3) is 0 Å². The van der Waals surface area contributed by atoms with Crippen LogP contribution in [0.2, 0.25) is 0 Å². The maximum absolute atomic E-state index is 11.8. The molecule has 0 aliphatic carbocycles. The molecule has 2 atom stereocenters. The Morgan fingerprint density at radius 1 is 1.41 bits per heavy atom. The van der Waals surface area contributed by atoms with Crippen molar-refractivity contribution < 1.29 is 18.1 Å². The third-order valence-corrected chi connectivity index (χ3v) is 4.81. The molecule has 8 heteroatoms. The number of para-hydroxylation sites is 1. The second kappa shape index (κ2) is 6.21. The van der Waals surface area contributed by atoms with Crippen molar-refractivity contribution in [1.82, 2.24) is 0 Å². The summed E-state index contributed by atoms with van der Waals surface area (Å²) < 4.78 is 29.4. The largest absolute Gasteiger partial charge is 0.372 e. The van der Waals surface area contributed by atoms with Gasteiger partial charge in [-0.05, 0) is 25.5 Å². The Labute approximate surface area is 129 Å². The van der Waals surface area contributed by atoms with Gasteiger partial charge in [-0.1, -0.05) is 13.0 Å². The van der Waals surface area contributed by atoms with Gasteiger partial charge in [0.25, 0.3) is 0 Å². The summed E-state index contributed by atoms with van der Waals surface area (Å²) in [6.45, 7) is 4.89. The fraction of sp³-hybridized carbons (Fsp3) is 0.571. The molecule has 1 saturated heterocycles. The number of benzene rings is 1. The van der Waals surface area contributed by atoms with Gasteiger partial charge in [-0.3, -0.25) is 10.1 Å². The molecule has 1 fully saturated rings. The number of nitrogens with zero attached hydrogens (tertiary/aromatic N) is 2. The van der Waals surface area contributed by atoms with Crippen LogP contribution in [0.3, 0.4) is 0 Å². The maximum Gasteiger partial charge on any atom is 0.311 e. The summed E-state index contributed by atoms with van der Waals surface area (Å²) in [7, 11) is -3.67. The van der Waals surface area contributed by atoms with Crippen molar-refractivity contribution in [1.29, 1.82) is 0 Å². The van der Waals surface area contributed by atoms with E-state index in [2.05, 4.69) is 0 Å². The van der Waals surface area contributed by atoms with Crippen LogP contribution in [0.4, 0.5) is 11.4 Å². The highest BCUT2D eigenvalue weighted by Gasteiger charge is 2.32. The third kappa shape index (κ3) is 3.38. The van der Waals surface area contributed by atoms with Crippen LogP contribution in [0.1, 0.15) is 20.3 Å². The monoisotopic (exact) mass is 328 g/mol. The maximum atomic E-state index is 11.8. The van der Waals surface area contributed by atoms with Crippen molar-refractivity contribution in [2.75, 3.05) is 24.2 Å². The van der Waals surface area contributed by atoms with Gasteiger partial charge in [-0.15, -0.1) is 0 Å². The standard InChI is InChI=1S/C14H20N2O5S/c1-4-11-9-15(8-10(2)21-11)12-6-5-7-13(22(3,19)20)14(12)16(17)18/h5-7,10-11H,4,8-9H2,1-3H3. The Hall–Kier alpha value is -1.67. The van der Waals surface area contributed by atoms with Gasteiger partial charge in [0.1, 0.15) is 10.6 Å². The summed E-state index contributed by atoms with van der Waals surface area (Å²) in [4.78, 5) is 12.4. The molecule has 1 aliphatic heterocycles. The topological polar surface area (TPSA) is 89.8 Å². The molecule has 0 aromatic heterocycles. The highest BCUT2D eigenvalue weighted by atomic mass is 32.2. The molecule has 1 aromatic carbocycles. The van der Waals surface area contributed by atoms with Crippen LogP contribution in [0, 0.1) is 10.1 Å². The van der Waals surface area contributed by atoms with Gasteiger partial charge in [-0.2, -0.15) is 0 Å². The Bertz CT molecular complexity index is 674.